The van der Waals surface area contributed by atoms with Gasteiger partial charge in [0.15, 0.2) is 0 Å². The molecule has 1 aliphatic heterocycles. The predicted molar refractivity (Wildman–Crippen MR) is 103 cm³/mol. The van der Waals surface area contributed by atoms with Gasteiger partial charge in [0.2, 0.25) is 5.91 Å². The molecule has 1 aromatic carbocycles. The maximum absolute atomic E-state index is 12.3. The van der Waals surface area contributed by atoms with Crippen LogP contribution in [0, 0.1) is 13.8 Å². The van der Waals surface area contributed by atoms with Crippen molar-refractivity contribution in [1.82, 2.24) is 14.7 Å². The van der Waals surface area contributed by atoms with Gasteiger partial charge in [0.25, 0.3) is 0 Å². The standard InChI is InChI=1S/C19H26N4OS/c1-14-4-6-16(7-5-14)25-17-8-10-23(11-9-17)13-19(24)21-18-12-20-22(3)15(18)2/h4-7,12,17H,8-11,13H2,1-3H3,(H,21,24). The van der Waals surface area contributed by atoms with Crippen LogP contribution in [0.2, 0.25) is 0 Å². The normalized spacial score (nSPS) is 16.1. The lowest BCUT2D eigenvalue weighted by Crippen LogP contribution is -2.40. The van der Waals surface area contributed by atoms with Crippen LogP contribution in [0.15, 0.2) is 35.4 Å². The first-order valence-electron chi connectivity index (χ1n) is 8.75. The first kappa shape index (κ1) is 18.0. The molecule has 1 fully saturated rings. The first-order valence-corrected chi connectivity index (χ1v) is 9.63. The van der Waals surface area contributed by atoms with Gasteiger partial charge in [-0.05, 0) is 51.9 Å². The molecule has 0 unspecified atom stereocenters. The molecule has 2 aromatic rings. The summed E-state index contributed by atoms with van der Waals surface area (Å²) >= 11 is 1.96. The van der Waals surface area contributed by atoms with Crippen LogP contribution < -0.4 is 5.32 Å². The van der Waals surface area contributed by atoms with Crippen LogP contribution in [0.1, 0.15) is 24.1 Å². The van der Waals surface area contributed by atoms with E-state index in [2.05, 4.69) is 46.5 Å². The molecule has 1 N–H and O–H groups in total. The number of nitrogens with one attached hydrogen (secondary N) is 1. The summed E-state index contributed by atoms with van der Waals surface area (Å²) in [7, 11) is 1.88. The summed E-state index contributed by atoms with van der Waals surface area (Å²) in [5.41, 5.74) is 3.08. The molecule has 0 bridgehead atoms. The Labute approximate surface area is 153 Å². The van der Waals surface area contributed by atoms with Gasteiger partial charge in [-0.3, -0.25) is 14.4 Å². The Morgan fingerprint density at radius 3 is 2.52 bits per heavy atom. The lowest BCUT2D eigenvalue weighted by molar-refractivity contribution is -0.117. The van der Waals surface area contributed by atoms with Gasteiger partial charge in [0.1, 0.15) is 0 Å². The maximum atomic E-state index is 12.3. The van der Waals surface area contributed by atoms with Crippen LogP contribution in [-0.2, 0) is 11.8 Å². The number of nitrogens with zero attached hydrogens (tertiary/aromatic N) is 3. The van der Waals surface area contributed by atoms with Crippen molar-refractivity contribution >= 4 is 23.4 Å². The number of carbonyl (C=O) groups excluding carboxylic acids is 1. The van der Waals surface area contributed by atoms with Gasteiger partial charge < -0.3 is 5.32 Å². The van der Waals surface area contributed by atoms with E-state index >= 15 is 0 Å². The lowest BCUT2D eigenvalue weighted by atomic mass is 10.1. The molecular weight excluding hydrogens is 332 g/mol. The number of hydrogen-bond donors (Lipinski definition) is 1. The minimum Gasteiger partial charge on any atom is -0.322 e. The zero-order valence-electron chi connectivity index (χ0n) is 15.2. The van der Waals surface area contributed by atoms with E-state index in [1.54, 1.807) is 10.9 Å². The zero-order chi connectivity index (χ0) is 17.8. The number of benzene rings is 1. The highest BCUT2D eigenvalue weighted by Crippen LogP contribution is 2.30. The number of piperidine rings is 1. The Kier molecular flexibility index (Phi) is 5.81. The van der Waals surface area contributed by atoms with Crippen LogP contribution >= 0.6 is 11.8 Å². The minimum absolute atomic E-state index is 0.0423. The zero-order valence-corrected chi connectivity index (χ0v) is 16.0. The third kappa shape index (κ3) is 4.86. The summed E-state index contributed by atoms with van der Waals surface area (Å²) in [5, 5.41) is 7.76. The highest BCUT2D eigenvalue weighted by atomic mass is 32.2. The van der Waals surface area contributed by atoms with Crippen molar-refractivity contribution in [3.05, 3.63) is 41.7 Å². The van der Waals surface area contributed by atoms with Crippen LogP contribution in [0.3, 0.4) is 0 Å². The summed E-state index contributed by atoms with van der Waals surface area (Å²) in [6.07, 6.45) is 3.95. The third-order valence-electron chi connectivity index (χ3n) is 4.73. The molecule has 2 heterocycles. The van der Waals surface area contributed by atoms with E-state index in [4.69, 9.17) is 0 Å². The Bertz CT molecular complexity index is 718. The number of amides is 1. The SMILES string of the molecule is Cc1ccc(SC2CCN(CC(=O)Nc3cnn(C)c3C)CC2)cc1. The molecule has 1 aliphatic rings. The molecule has 1 saturated heterocycles. The molecule has 0 radical (unpaired) electrons. The number of rotatable bonds is 5. The van der Waals surface area contributed by atoms with Gasteiger partial charge in [0, 0.05) is 17.2 Å². The predicted octanol–water partition coefficient (Wildman–Crippen LogP) is 3.23. The van der Waals surface area contributed by atoms with Gasteiger partial charge in [-0.2, -0.15) is 5.10 Å². The number of anilines is 1. The van der Waals surface area contributed by atoms with Crippen molar-refractivity contribution in [2.75, 3.05) is 25.0 Å². The Hall–Kier alpha value is -1.79. The number of thioether (sulfide) groups is 1. The Morgan fingerprint density at radius 2 is 1.92 bits per heavy atom. The summed E-state index contributed by atoms with van der Waals surface area (Å²) in [6.45, 7) is 6.48. The van der Waals surface area contributed by atoms with Crippen LogP contribution in [-0.4, -0.2) is 45.5 Å². The highest BCUT2D eigenvalue weighted by Gasteiger charge is 2.22. The van der Waals surface area contributed by atoms with Gasteiger partial charge >= 0.3 is 0 Å². The van der Waals surface area contributed by atoms with E-state index in [1.165, 1.54) is 10.5 Å². The molecule has 3 rings (SSSR count). The summed E-state index contributed by atoms with van der Waals surface area (Å²) < 4.78 is 1.77. The average molecular weight is 359 g/mol. The molecule has 0 atom stereocenters. The quantitative estimate of drug-likeness (QED) is 0.891. The molecule has 0 saturated carbocycles. The number of aromatic nitrogens is 2. The molecule has 1 amide bonds. The van der Waals surface area contributed by atoms with Crippen LogP contribution in [0.4, 0.5) is 5.69 Å². The topological polar surface area (TPSA) is 50.2 Å². The molecule has 0 spiro atoms. The van der Waals surface area contributed by atoms with Crippen LogP contribution in [0.25, 0.3) is 0 Å². The van der Waals surface area contributed by atoms with Crippen molar-refractivity contribution < 1.29 is 4.79 Å². The fraction of sp³-hybridized carbons (Fsp3) is 0.474. The number of hydrogen-bond acceptors (Lipinski definition) is 4. The maximum Gasteiger partial charge on any atom is 0.238 e. The third-order valence-corrected chi connectivity index (χ3v) is 6.08. The van der Waals surface area contributed by atoms with E-state index in [1.807, 2.05) is 25.7 Å². The van der Waals surface area contributed by atoms with E-state index in [0.29, 0.717) is 11.8 Å². The van der Waals surface area contributed by atoms with Crippen molar-refractivity contribution in [2.24, 2.45) is 7.05 Å². The first-order chi connectivity index (χ1) is 12.0. The molecule has 1 aromatic heterocycles. The molecule has 134 valence electrons. The number of carbonyl (C=O) groups is 1. The molecule has 6 heteroatoms. The van der Waals surface area contributed by atoms with E-state index in [0.717, 1.165) is 37.3 Å². The molecule has 5 nitrogen and oxygen atoms in total. The van der Waals surface area contributed by atoms with E-state index in [-0.39, 0.29) is 5.91 Å². The van der Waals surface area contributed by atoms with Gasteiger partial charge in [0.05, 0.1) is 24.1 Å². The van der Waals surface area contributed by atoms with Crippen molar-refractivity contribution in [3.63, 3.8) is 0 Å². The lowest BCUT2D eigenvalue weighted by Gasteiger charge is -2.31. The second kappa shape index (κ2) is 8.06. The van der Waals surface area contributed by atoms with Gasteiger partial charge in [-0.25, -0.2) is 0 Å². The largest absolute Gasteiger partial charge is 0.322 e. The van der Waals surface area contributed by atoms with E-state index in [9.17, 15) is 4.79 Å². The molecule has 0 aliphatic carbocycles. The van der Waals surface area contributed by atoms with E-state index < -0.39 is 0 Å². The van der Waals surface area contributed by atoms with Crippen LogP contribution in [0.5, 0.6) is 0 Å². The fourth-order valence-corrected chi connectivity index (χ4v) is 4.13. The van der Waals surface area contributed by atoms with Crippen molar-refractivity contribution in [3.8, 4) is 0 Å². The number of likely N-dealkylation sites (tertiary alicyclic amines) is 1. The van der Waals surface area contributed by atoms with Gasteiger partial charge in [-0.1, -0.05) is 17.7 Å². The number of aryl methyl sites for hydroxylation is 2. The average Bonchev–Trinajstić information content (AvgIpc) is 2.91. The fourth-order valence-electron chi connectivity index (χ4n) is 3.01. The highest BCUT2D eigenvalue weighted by molar-refractivity contribution is 8.00. The van der Waals surface area contributed by atoms with Crippen molar-refractivity contribution in [2.45, 2.75) is 36.8 Å². The second-order valence-corrected chi connectivity index (χ2v) is 8.10. The molecular formula is C19H26N4OS. The second-order valence-electron chi connectivity index (χ2n) is 6.72. The summed E-state index contributed by atoms with van der Waals surface area (Å²) in [6, 6.07) is 8.75. The molecule has 25 heavy (non-hydrogen) atoms. The Morgan fingerprint density at radius 1 is 1.24 bits per heavy atom. The van der Waals surface area contributed by atoms with Gasteiger partial charge in [-0.15, -0.1) is 11.8 Å². The Balaban J connectivity index is 1.43. The summed E-state index contributed by atoms with van der Waals surface area (Å²) in [4.78, 5) is 15.8. The smallest absolute Gasteiger partial charge is 0.238 e. The summed E-state index contributed by atoms with van der Waals surface area (Å²) in [5.74, 6) is 0.0423. The monoisotopic (exact) mass is 358 g/mol. The van der Waals surface area contributed by atoms with Crippen molar-refractivity contribution in [1.29, 1.82) is 0 Å². The minimum atomic E-state index is 0.0423.